The van der Waals surface area contributed by atoms with Crippen molar-refractivity contribution in [1.82, 2.24) is 5.32 Å². The second kappa shape index (κ2) is 9.53. The van der Waals surface area contributed by atoms with Crippen molar-refractivity contribution < 1.29 is 9.53 Å². The van der Waals surface area contributed by atoms with E-state index in [9.17, 15) is 4.79 Å². The van der Waals surface area contributed by atoms with E-state index in [2.05, 4.69) is 26.6 Å². The third kappa shape index (κ3) is 5.00. The Balaban J connectivity index is 1.63. The van der Waals surface area contributed by atoms with Gasteiger partial charge in [-0.3, -0.25) is 4.79 Å². The van der Waals surface area contributed by atoms with Crippen LogP contribution >= 0.6 is 15.9 Å². The van der Waals surface area contributed by atoms with E-state index in [-0.39, 0.29) is 18.5 Å². The molecule has 1 amide bonds. The Morgan fingerprint density at radius 2 is 1.75 bits per heavy atom. The van der Waals surface area contributed by atoms with Crippen LogP contribution in [0.15, 0.2) is 77.3 Å². The summed E-state index contributed by atoms with van der Waals surface area (Å²) >= 11 is 3.50. The highest BCUT2D eigenvalue weighted by molar-refractivity contribution is 9.10. The van der Waals surface area contributed by atoms with Crippen molar-refractivity contribution in [3.63, 3.8) is 0 Å². The average Bonchev–Trinajstić information content (AvgIpc) is 2.73. The number of benzene rings is 3. The molecule has 4 nitrogen and oxygen atoms in total. The number of carbonyl (C=O) groups is 1. The monoisotopic (exact) mass is 438 g/mol. The van der Waals surface area contributed by atoms with Gasteiger partial charge in [0, 0.05) is 17.3 Å². The molecular weight excluding hydrogens is 416 g/mol. The van der Waals surface area contributed by atoms with E-state index < -0.39 is 0 Å². The van der Waals surface area contributed by atoms with Crippen molar-refractivity contribution in [1.29, 1.82) is 0 Å². The molecule has 3 rings (SSSR count). The summed E-state index contributed by atoms with van der Waals surface area (Å²) in [7, 11) is 1.64. The van der Waals surface area contributed by atoms with Crippen LogP contribution in [0.4, 0.5) is 5.69 Å². The van der Waals surface area contributed by atoms with Crippen LogP contribution in [-0.4, -0.2) is 19.6 Å². The fourth-order valence-corrected chi connectivity index (χ4v) is 3.53. The lowest BCUT2D eigenvalue weighted by molar-refractivity contribution is -0.115. The maximum absolute atomic E-state index is 12.5. The van der Waals surface area contributed by atoms with Gasteiger partial charge in [0.05, 0.1) is 18.1 Å². The van der Waals surface area contributed by atoms with Gasteiger partial charge >= 0.3 is 0 Å². The van der Waals surface area contributed by atoms with Crippen LogP contribution in [-0.2, 0) is 4.79 Å². The number of nitrogens with one attached hydrogen (secondary N) is 2. The number of ether oxygens (including phenoxy) is 1. The van der Waals surface area contributed by atoms with E-state index in [1.807, 2.05) is 79.7 Å². The predicted octanol–water partition coefficient (Wildman–Crippen LogP) is 5.41. The van der Waals surface area contributed by atoms with E-state index in [0.717, 1.165) is 32.6 Å². The third-order valence-corrected chi connectivity index (χ3v) is 5.15. The molecule has 2 N–H and O–H groups in total. The lowest BCUT2D eigenvalue weighted by Gasteiger charge is -2.16. The second-order valence-electron chi connectivity index (χ2n) is 6.46. The molecule has 1 atom stereocenters. The first-order valence-electron chi connectivity index (χ1n) is 9.09. The Hall–Kier alpha value is -2.63. The van der Waals surface area contributed by atoms with Gasteiger partial charge in [-0.2, -0.15) is 0 Å². The number of anilines is 1. The van der Waals surface area contributed by atoms with E-state index in [1.165, 1.54) is 0 Å². The molecule has 0 saturated carbocycles. The minimum absolute atomic E-state index is 0.0253. The van der Waals surface area contributed by atoms with Crippen LogP contribution < -0.4 is 15.4 Å². The smallest absolute Gasteiger partial charge is 0.238 e. The Labute approximate surface area is 174 Å². The fourth-order valence-electron chi connectivity index (χ4n) is 2.97. The first-order chi connectivity index (χ1) is 13.6. The lowest BCUT2D eigenvalue weighted by Crippen LogP contribution is -2.30. The zero-order chi connectivity index (χ0) is 19.9. The van der Waals surface area contributed by atoms with Crippen molar-refractivity contribution in [3.05, 3.63) is 82.8 Å². The number of hydrogen-bond donors (Lipinski definition) is 2. The molecule has 1 unspecified atom stereocenters. The summed E-state index contributed by atoms with van der Waals surface area (Å²) in [5, 5.41) is 6.28. The van der Waals surface area contributed by atoms with Gasteiger partial charge in [0.1, 0.15) is 5.75 Å². The molecule has 0 saturated heterocycles. The Morgan fingerprint density at radius 3 is 2.46 bits per heavy atom. The third-order valence-electron chi connectivity index (χ3n) is 4.53. The van der Waals surface area contributed by atoms with Crippen LogP contribution in [0.1, 0.15) is 18.5 Å². The minimum atomic E-state index is -0.0807. The molecule has 0 aliphatic carbocycles. The highest BCUT2D eigenvalue weighted by atomic mass is 79.9. The molecule has 0 spiro atoms. The number of carbonyl (C=O) groups excluding carboxylic acids is 1. The van der Waals surface area contributed by atoms with Crippen LogP contribution in [0.5, 0.6) is 5.75 Å². The topological polar surface area (TPSA) is 50.4 Å². The SMILES string of the molecule is COc1ccc(C(C)NCC(=O)Nc2ccccc2-c2ccccc2)cc1Br. The van der Waals surface area contributed by atoms with E-state index in [1.54, 1.807) is 7.11 Å². The zero-order valence-corrected chi connectivity index (χ0v) is 17.5. The first kappa shape index (κ1) is 20.1. The highest BCUT2D eigenvalue weighted by Crippen LogP contribution is 2.29. The van der Waals surface area contributed by atoms with Gasteiger partial charge in [-0.15, -0.1) is 0 Å². The van der Waals surface area contributed by atoms with Gasteiger partial charge in [-0.1, -0.05) is 54.6 Å². The molecule has 3 aromatic rings. The van der Waals surface area contributed by atoms with Gasteiger partial charge in [-0.25, -0.2) is 0 Å². The van der Waals surface area contributed by atoms with Gasteiger partial charge in [0.25, 0.3) is 0 Å². The molecule has 0 fully saturated rings. The lowest BCUT2D eigenvalue weighted by atomic mass is 10.0. The summed E-state index contributed by atoms with van der Waals surface area (Å²) in [6.07, 6.45) is 0. The van der Waals surface area contributed by atoms with E-state index in [4.69, 9.17) is 4.74 Å². The van der Waals surface area contributed by atoms with Gasteiger partial charge in [-0.05, 0) is 52.2 Å². The standard InChI is InChI=1S/C23H23BrN2O2/c1-16(18-12-13-22(28-2)20(24)14-18)25-15-23(27)26-21-11-7-6-10-19(21)17-8-4-3-5-9-17/h3-14,16,25H,15H2,1-2H3,(H,26,27). The van der Waals surface area contributed by atoms with Crippen molar-refractivity contribution in [2.45, 2.75) is 13.0 Å². The maximum atomic E-state index is 12.5. The molecule has 0 aromatic heterocycles. The molecule has 0 aliphatic heterocycles. The molecule has 0 bridgehead atoms. The summed E-state index contributed by atoms with van der Waals surface area (Å²) < 4.78 is 6.15. The van der Waals surface area contributed by atoms with Gasteiger partial charge in [0.15, 0.2) is 0 Å². The Bertz CT molecular complexity index is 944. The first-order valence-corrected chi connectivity index (χ1v) is 9.89. The van der Waals surface area contributed by atoms with Crippen LogP contribution in [0.2, 0.25) is 0 Å². The van der Waals surface area contributed by atoms with Crippen molar-refractivity contribution in [2.24, 2.45) is 0 Å². The molecule has 144 valence electrons. The molecule has 3 aromatic carbocycles. The number of methoxy groups -OCH3 is 1. The maximum Gasteiger partial charge on any atom is 0.238 e. The van der Waals surface area contributed by atoms with Crippen LogP contribution in [0.3, 0.4) is 0 Å². The Kier molecular flexibility index (Phi) is 6.85. The summed E-state index contributed by atoms with van der Waals surface area (Å²) in [6.45, 7) is 2.24. The highest BCUT2D eigenvalue weighted by Gasteiger charge is 2.12. The number of hydrogen-bond acceptors (Lipinski definition) is 3. The van der Waals surface area contributed by atoms with E-state index >= 15 is 0 Å². The number of halogens is 1. The molecule has 0 aliphatic rings. The minimum Gasteiger partial charge on any atom is -0.496 e. The van der Waals surface area contributed by atoms with Crippen LogP contribution in [0.25, 0.3) is 11.1 Å². The average molecular weight is 439 g/mol. The largest absolute Gasteiger partial charge is 0.496 e. The van der Waals surface area contributed by atoms with Gasteiger partial charge < -0.3 is 15.4 Å². The number of para-hydroxylation sites is 1. The quantitative estimate of drug-likeness (QED) is 0.517. The molecule has 0 heterocycles. The molecule has 5 heteroatoms. The normalized spacial score (nSPS) is 11.7. The number of rotatable bonds is 7. The molecule has 0 radical (unpaired) electrons. The van der Waals surface area contributed by atoms with Crippen molar-refractivity contribution in [2.75, 3.05) is 19.0 Å². The summed E-state index contributed by atoms with van der Waals surface area (Å²) in [6, 6.07) is 23.8. The predicted molar refractivity (Wildman–Crippen MR) is 118 cm³/mol. The Morgan fingerprint density at radius 1 is 1.04 bits per heavy atom. The second-order valence-corrected chi connectivity index (χ2v) is 7.31. The van der Waals surface area contributed by atoms with Gasteiger partial charge in [0.2, 0.25) is 5.91 Å². The number of amides is 1. The van der Waals surface area contributed by atoms with Crippen molar-refractivity contribution >= 4 is 27.5 Å². The fraction of sp³-hybridized carbons (Fsp3) is 0.174. The molecule has 28 heavy (non-hydrogen) atoms. The van der Waals surface area contributed by atoms with Crippen LogP contribution in [0, 0.1) is 0 Å². The summed E-state index contributed by atoms with van der Waals surface area (Å²) in [4.78, 5) is 12.5. The molecular formula is C23H23BrN2O2. The van der Waals surface area contributed by atoms with Crippen molar-refractivity contribution in [3.8, 4) is 16.9 Å². The summed E-state index contributed by atoms with van der Waals surface area (Å²) in [5.74, 6) is 0.703. The summed E-state index contributed by atoms with van der Waals surface area (Å²) in [5.41, 5.74) is 3.96. The zero-order valence-electron chi connectivity index (χ0n) is 15.9. The van der Waals surface area contributed by atoms with E-state index in [0.29, 0.717) is 0 Å².